The van der Waals surface area contributed by atoms with Gasteiger partial charge in [-0.1, -0.05) is 26.2 Å². The lowest BCUT2D eigenvalue weighted by Gasteiger charge is -2.31. The second kappa shape index (κ2) is 3.21. The van der Waals surface area contributed by atoms with E-state index in [9.17, 15) is 0 Å². The van der Waals surface area contributed by atoms with Crippen LogP contribution in [0.4, 0.5) is 0 Å². The molecule has 0 bridgehead atoms. The Labute approximate surface area is 77.9 Å². The molecule has 2 fully saturated rings. The molecule has 0 aromatic rings. The van der Waals surface area contributed by atoms with Crippen molar-refractivity contribution in [1.82, 2.24) is 0 Å². The summed E-state index contributed by atoms with van der Waals surface area (Å²) >= 11 is 4.49. The van der Waals surface area contributed by atoms with Gasteiger partial charge in [0.15, 0.2) is 0 Å². The van der Waals surface area contributed by atoms with Crippen LogP contribution >= 0.6 is 23.5 Å². The molecule has 2 aliphatic rings. The molecule has 1 saturated carbocycles. The Hall–Kier alpha value is 0.700. The summed E-state index contributed by atoms with van der Waals surface area (Å²) in [6.07, 6.45) is 7.40. The van der Waals surface area contributed by atoms with E-state index >= 15 is 0 Å². The first-order valence-corrected chi connectivity index (χ1v) is 6.49. The van der Waals surface area contributed by atoms with Gasteiger partial charge in [-0.05, 0) is 12.8 Å². The van der Waals surface area contributed by atoms with Gasteiger partial charge in [0.2, 0.25) is 0 Å². The fraction of sp³-hybridized carbons (Fsp3) is 1.00. The highest BCUT2D eigenvalue weighted by Gasteiger charge is 2.39. The summed E-state index contributed by atoms with van der Waals surface area (Å²) in [5, 5.41) is 0.915. The second-order valence-corrected chi connectivity index (χ2v) is 7.19. The van der Waals surface area contributed by atoms with Gasteiger partial charge in [-0.25, -0.2) is 0 Å². The summed E-state index contributed by atoms with van der Waals surface area (Å²) in [6, 6.07) is 0. The summed E-state index contributed by atoms with van der Waals surface area (Å²) in [4.78, 5) is 0. The Morgan fingerprint density at radius 2 is 1.91 bits per heavy atom. The molecule has 0 nitrogen and oxygen atoms in total. The highest BCUT2D eigenvalue weighted by atomic mass is 32.2. The fourth-order valence-corrected chi connectivity index (χ4v) is 5.88. The quantitative estimate of drug-likeness (QED) is 0.570. The van der Waals surface area contributed by atoms with E-state index in [4.69, 9.17) is 0 Å². The zero-order valence-electron chi connectivity index (χ0n) is 7.14. The van der Waals surface area contributed by atoms with Gasteiger partial charge in [-0.3, -0.25) is 0 Å². The molecule has 64 valence electrons. The lowest BCUT2D eigenvalue weighted by molar-refractivity contribution is 0.492. The van der Waals surface area contributed by atoms with Crippen molar-refractivity contribution in [3.8, 4) is 0 Å². The van der Waals surface area contributed by atoms with Gasteiger partial charge >= 0.3 is 0 Å². The minimum absolute atomic E-state index is 0.678. The lowest BCUT2D eigenvalue weighted by Crippen LogP contribution is -2.20. The highest BCUT2D eigenvalue weighted by molar-refractivity contribution is 8.21. The van der Waals surface area contributed by atoms with Crippen LogP contribution in [0.25, 0.3) is 0 Å². The van der Waals surface area contributed by atoms with Crippen molar-refractivity contribution in [2.75, 3.05) is 5.75 Å². The fourth-order valence-electron chi connectivity index (χ4n) is 2.06. The average molecular weight is 188 g/mol. The molecule has 1 heterocycles. The minimum atomic E-state index is 0.678. The molecule has 1 saturated heterocycles. The van der Waals surface area contributed by atoms with Gasteiger partial charge < -0.3 is 0 Å². The summed E-state index contributed by atoms with van der Waals surface area (Å²) in [5.74, 6) is 1.39. The molecule has 2 heteroatoms. The summed E-state index contributed by atoms with van der Waals surface area (Å²) in [7, 11) is 0. The maximum Gasteiger partial charge on any atom is 0.0614 e. The van der Waals surface area contributed by atoms with Crippen LogP contribution in [-0.4, -0.2) is 15.1 Å². The van der Waals surface area contributed by atoms with E-state index < -0.39 is 0 Å². The van der Waals surface area contributed by atoms with E-state index in [0.717, 1.165) is 5.25 Å². The van der Waals surface area contributed by atoms with Gasteiger partial charge in [-0.15, -0.1) is 23.5 Å². The van der Waals surface area contributed by atoms with Gasteiger partial charge in [0, 0.05) is 11.0 Å². The molecule has 1 unspecified atom stereocenters. The molecule has 0 radical (unpaired) electrons. The molecule has 1 aliphatic heterocycles. The number of hydrogen-bond donors (Lipinski definition) is 0. The molecule has 11 heavy (non-hydrogen) atoms. The van der Waals surface area contributed by atoms with Crippen LogP contribution in [0.3, 0.4) is 0 Å². The van der Waals surface area contributed by atoms with Crippen molar-refractivity contribution >= 4 is 23.5 Å². The van der Waals surface area contributed by atoms with Crippen LogP contribution in [0.2, 0.25) is 0 Å². The molecule has 0 aromatic heterocycles. The first-order valence-electron chi connectivity index (χ1n) is 4.63. The third-order valence-corrected chi connectivity index (χ3v) is 6.47. The molecule has 0 aromatic carbocycles. The van der Waals surface area contributed by atoms with Crippen LogP contribution in [0.1, 0.15) is 39.0 Å². The van der Waals surface area contributed by atoms with Crippen molar-refractivity contribution in [3.05, 3.63) is 0 Å². The van der Waals surface area contributed by atoms with Crippen LogP contribution < -0.4 is 0 Å². The number of thioether (sulfide) groups is 2. The monoisotopic (exact) mass is 188 g/mol. The molecule has 1 aliphatic carbocycles. The SMILES string of the molecule is CC1CSC2(CCCCC2)S1. The average Bonchev–Trinajstić information content (AvgIpc) is 2.34. The predicted molar refractivity (Wildman–Crippen MR) is 55.3 cm³/mol. The van der Waals surface area contributed by atoms with Crippen LogP contribution in [-0.2, 0) is 0 Å². The van der Waals surface area contributed by atoms with Crippen LogP contribution in [0.15, 0.2) is 0 Å². The second-order valence-electron chi connectivity index (χ2n) is 3.71. The Morgan fingerprint density at radius 1 is 1.18 bits per heavy atom. The van der Waals surface area contributed by atoms with E-state index in [1.807, 2.05) is 0 Å². The molecule has 2 rings (SSSR count). The number of rotatable bonds is 0. The normalized spacial score (nSPS) is 36.3. The molecule has 0 N–H and O–H groups in total. The van der Waals surface area contributed by atoms with E-state index in [2.05, 4.69) is 30.4 Å². The summed E-state index contributed by atoms with van der Waals surface area (Å²) < 4.78 is 0.678. The van der Waals surface area contributed by atoms with Crippen molar-refractivity contribution in [3.63, 3.8) is 0 Å². The Morgan fingerprint density at radius 3 is 2.45 bits per heavy atom. The van der Waals surface area contributed by atoms with Crippen molar-refractivity contribution in [2.24, 2.45) is 0 Å². The highest BCUT2D eigenvalue weighted by Crippen LogP contribution is 2.55. The zero-order valence-corrected chi connectivity index (χ0v) is 8.77. The van der Waals surface area contributed by atoms with Crippen molar-refractivity contribution in [1.29, 1.82) is 0 Å². The van der Waals surface area contributed by atoms with E-state index in [-0.39, 0.29) is 0 Å². The topological polar surface area (TPSA) is 0 Å². The standard InChI is InChI=1S/C9H16S2/c1-8-7-10-9(11-8)5-3-2-4-6-9/h8H,2-7H2,1H3. The van der Waals surface area contributed by atoms with Crippen molar-refractivity contribution < 1.29 is 0 Å². The lowest BCUT2D eigenvalue weighted by atomic mass is 10.00. The minimum Gasteiger partial charge on any atom is -0.143 e. The molecule has 0 amide bonds. The predicted octanol–water partition coefficient (Wildman–Crippen LogP) is 3.52. The van der Waals surface area contributed by atoms with E-state index in [1.54, 1.807) is 0 Å². The van der Waals surface area contributed by atoms with E-state index in [0.29, 0.717) is 4.08 Å². The third kappa shape index (κ3) is 1.72. The molecular weight excluding hydrogens is 172 g/mol. The first kappa shape index (κ1) is 8.31. The molecular formula is C9H16S2. The van der Waals surface area contributed by atoms with Gasteiger partial charge in [0.1, 0.15) is 0 Å². The maximum absolute atomic E-state index is 2.38. The zero-order chi connectivity index (χ0) is 7.73. The summed E-state index contributed by atoms with van der Waals surface area (Å²) in [5.41, 5.74) is 0. The smallest absolute Gasteiger partial charge is 0.0614 e. The van der Waals surface area contributed by atoms with Crippen molar-refractivity contribution in [2.45, 2.75) is 48.4 Å². The Balaban J connectivity index is 1.98. The van der Waals surface area contributed by atoms with Gasteiger partial charge in [0.25, 0.3) is 0 Å². The van der Waals surface area contributed by atoms with E-state index in [1.165, 1.54) is 37.9 Å². The van der Waals surface area contributed by atoms with Gasteiger partial charge in [0.05, 0.1) is 4.08 Å². The Bertz CT molecular complexity index is 133. The number of hydrogen-bond acceptors (Lipinski definition) is 2. The Kier molecular flexibility index (Phi) is 2.43. The maximum atomic E-state index is 2.38. The first-order chi connectivity index (χ1) is 5.31. The van der Waals surface area contributed by atoms with Crippen LogP contribution in [0.5, 0.6) is 0 Å². The van der Waals surface area contributed by atoms with Gasteiger partial charge in [-0.2, -0.15) is 0 Å². The largest absolute Gasteiger partial charge is 0.143 e. The summed E-state index contributed by atoms with van der Waals surface area (Å²) in [6.45, 7) is 2.38. The molecule has 1 spiro atoms. The third-order valence-electron chi connectivity index (χ3n) is 2.61. The molecule has 1 atom stereocenters. The van der Waals surface area contributed by atoms with Crippen LogP contribution in [0, 0.1) is 0 Å².